The number of hydrogen-bond acceptors (Lipinski definition) is 4. The van der Waals surface area contributed by atoms with E-state index >= 15 is 0 Å². The Morgan fingerprint density at radius 2 is 0.763 bits per heavy atom. The van der Waals surface area contributed by atoms with E-state index in [4.69, 9.17) is 0 Å². The number of rotatable bonds is 8. The van der Waals surface area contributed by atoms with Crippen molar-refractivity contribution < 1.29 is 51.8 Å². The zero-order valence-electron chi connectivity index (χ0n) is 39.7. The van der Waals surface area contributed by atoms with Crippen LogP contribution in [0.3, 0.4) is 0 Å². The van der Waals surface area contributed by atoms with Crippen LogP contribution >= 0.6 is 0 Å². The molecule has 0 unspecified atom stereocenters. The quantitative estimate of drug-likeness (QED) is 0.180. The molecule has 7 heteroatoms. The van der Waals surface area contributed by atoms with E-state index in [0.717, 1.165) is 110 Å². The van der Waals surface area contributed by atoms with Crippen LogP contribution in [0.1, 0.15) is 210 Å². The van der Waals surface area contributed by atoms with Gasteiger partial charge in [0.25, 0.3) is 0 Å². The molecule has 8 saturated carbocycles. The van der Waals surface area contributed by atoms with E-state index in [1.165, 1.54) is 103 Å². The average Bonchev–Trinajstić information content (AvgIpc) is 3.67. The predicted molar refractivity (Wildman–Crippen MR) is 239 cm³/mol. The molecule has 0 radical (unpaired) electrons. The molecule has 20 atom stereocenters. The first-order valence-electron chi connectivity index (χ1n) is 24.9. The van der Waals surface area contributed by atoms with Crippen molar-refractivity contribution in [2.45, 2.75) is 234 Å². The average molecular weight is 924 g/mol. The van der Waals surface area contributed by atoms with Gasteiger partial charge < -0.3 is 31.4 Å². The smallest absolute Gasteiger partial charge is 0.0622 e. The van der Waals surface area contributed by atoms with E-state index in [1.54, 1.807) is 0 Å². The monoisotopic (exact) mass is 923 g/mol. The third-order valence-corrected chi connectivity index (χ3v) is 21.5. The summed E-state index contributed by atoms with van der Waals surface area (Å²) in [6.07, 6.45) is 27.5. The first-order chi connectivity index (χ1) is 26.1. The normalized spacial score (nSPS) is 50.3. The van der Waals surface area contributed by atoms with Gasteiger partial charge >= 0.3 is 0 Å². The van der Waals surface area contributed by atoms with Gasteiger partial charge in [-0.05, 0) is 262 Å². The summed E-state index contributed by atoms with van der Waals surface area (Å²) < 4.78 is 0. The van der Waals surface area contributed by atoms with E-state index in [1.807, 2.05) is 13.8 Å². The van der Waals surface area contributed by atoms with Gasteiger partial charge in [0.05, 0.1) is 23.4 Å². The molecule has 59 heavy (non-hydrogen) atoms. The maximum absolute atomic E-state index is 10.7. The summed E-state index contributed by atoms with van der Waals surface area (Å²) >= 11 is 0. The second kappa shape index (κ2) is 19.1. The Balaban J connectivity index is 0.000000248. The number of aliphatic hydroxyl groups is 4. The zero-order valence-corrected chi connectivity index (χ0v) is 41.3. The molecule has 0 aromatic rings. The third-order valence-electron chi connectivity index (χ3n) is 21.5. The van der Waals surface area contributed by atoms with E-state index in [0.29, 0.717) is 21.7 Å². The van der Waals surface area contributed by atoms with Crippen LogP contribution in [0.2, 0.25) is 0 Å². The third kappa shape index (κ3) is 9.71. The van der Waals surface area contributed by atoms with E-state index in [9.17, 15) is 20.4 Å². The zero-order chi connectivity index (χ0) is 40.6. The molecular weight excluding hydrogens is 827 g/mol. The second-order valence-electron chi connectivity index (χ2n) is 25.0. The summed E-state index contributed by atoms with van der Waals surface area (Å²) in [5.74, 6) is 10.2. The van der Waals surface area contributed by atoms with E-state index in [-0.39, 0.29) is 43.6 Å². The number of aliphatic hydroxyl groups excluding tert-OH is 2. The van der Waals surface area contributed by atoms with Gasteiger partial charge in [-0.15, -0.1) is 0 Å². The van der Waals surface area contributed by atoms with Crippen LogP contribution in [0.5, 0.6) is 0 Å². The summed E-state index contributed by atoms with van der Waals surface area (Å²) in [6.45, 7) is 23.5. The Morgan fingerprint density at radius 3 is 1.10 bits per heavy atom. The molecule has 8 rings (SSSR count). The van der Waals surface area contributed by atoms with Crippen LogP contribution in [-0.2, 0) is 20.4 Å². The molecule has 8 aliphatic rings. The van der Waals surface area contributed by atoms with Crippen molar-refractivity contribution >= 4 is 0 Å². The molecule has 0 aromatic heterocycles. The fourth-order valence-corrected chi connectivity index (χ4v) is 18.2. The van der Waals surface area contributed by atoms with E-state index < -0.39 is 11.2 Å². The molecule has 6 nitrogen and oxygen atoms in total. The van der Waals surface area contributed by atoms with Gasteiger partial charge in [-0.2, -0.15) is 0 Å². The van der Waals surface area contributed by atoms with Gasteiger partial charge in [-0.1, -0.05) is 41.5 Å². The van der Waals surface area contributed by atoms with Crippen molar-refractivity contribution in [3.05, 3.63) is 0 Å². The maximum Gasteiger partial charge on any atom is 0.0622 e. The fourth-order valence-electron chi connectivity index (χ4n) is 18.2. The van der Waals surface area contributed by atoms with Crippen molar-refractivity contribution in [3.8, 4) is 0 Å². The molecule has 0 spiro atoms. The standard InChI is InChI=1S/2C26H46O2.2H2O.Pd/c2*1-17(6-7-18(2)27)21-10-11-22-20-9-8-19-16-24(3,28)14-15-25(19,4)23(20)12-13-26(21,22)5;;;/h2*17-23,27-28H,6-16H2,1-5H3;2*1H2;/t2*17-,18-,19+,20+,21-,22+,23+,24+,25+,26-;;;/m11.../s1. The maximum atomic E-state index is 10.7. The molecule has 0 saturated heterocycles. The van der Waals surface area contributed by atoms with Crippen LogP contribution in [-0.4, -0.2) is 54.8 Å². The van der Waals surface area contributed by atoms with Crippen molar-refractivity contribution in [1.29, 1.82) is 0 Å². The summed E-state index contributed by atoms with van der Waals surface area (Å²) in [6, 6.07) is 0. The Kier molecular flexibility index (Phi) is 16.9. The molecule has 8 fully saturated rings. The Labute approximate surface area is 376 Å². The Bertz CT molecular complexity index is 1250. The molecule has 350 valence electrons. The van der Waals surface area contributed by atoms with Crippen molar-refractivity contribution in [1.82, 2.24) is 0 Å². The first kappa shape index (κ1) is 52.1. The molecule has 0 heterocycles. The number of fused-ring (bicyclic) bond motifs is 10. The van der Waals surface area contributed by atoms with Crippen molar-refractivity contribution in [3.63, 3.8) is 0 Å². The SMILES string of the molecule is C[C@H](CC[C@@H](C)O)[C@H]1CC[C@H]2[C@@H]3CC[C@H]4C[C@@](C)(O)CC[C@]4(C)[C@H]3CC[C@]12C.C[C@H](CC[C@@H](C)O)[C@H]1CC[C@H]2[C@@H]3CC[C@H]4C[C@@](C)(O)CC[C@]4(C)[C@H]3CC[C@]12C.O.O.[Pd]. The van der Waals surface area contributed by atoms with Gasteiger partial charge in [0, 0.05) is 20.4 Å². The largest absolute Gasteiger partial charge is 0.412 e. The predicted octanol–water partition coefficient (Wildman–Crippen LogP) is 10.7. The minimum absolute atomic E-state index is 0. The van der Waals surface area contributed by atoms with Gasteiger partial charge in [0.15, 0.2) is 0 Å². The Hall–Kier alpha value is 0.422. The topological polar surface area (TPSA) is 144 Å². The van der Waals surface area contributed by atoms with Crippen LogP contribution in [0.4, 0.5) is 0 Å². The number of hydrogen-bond donors (Lipinski definition) is 4. The summed E-state index contributed by atoms with van der Waals surface area (Å²) in [7, 11) is 0. The van der Waals surface area contributed by atoms with E-state index in [2.05, 4.69) is 55.4 Å². The fraction of sp³-hybridized carbons (Fsp3) is 1.00. The Morgan fingerprint density at radius 1 is 0.424 bits per heavy atom. The van der Waals surface area contributed by atoms with Gasteiger partial charge in [-0.25, -0.2) is 0 Å². The molecule has 0 amide bonds. The van der Waals surface area contributed by atoms with Gasteiger partial charge in [-0.3, -0.25) is 0 Å². The molecule has 8 N–H and O–H groups in total. The van der Waals surface area contributed by atoms with Gasteiger partial charge in [0.1, 0.15) is 0 Å². The van der Waals surface area contributed by atoms with Crippen LogP contribution in [0, 0.1) is 92.7 Å². The summed E-state index contributed by atoms with van der Waals surface area (Å²) in [4.78, 5) is 0. The molecule has 0 aliphatic heterocycles. The first-order valence-corrected chi connectivity index (χ1v) is 24.9. The summed E-state index contributed by atoms with van der Waals surface area (Å²) in [5, 5.41) is 40.9. The van der Waals surface area contributed by atoms with Crippen LogP contribution < -0.4 is 0 Å². The minimum Gasteiger partial charge on any atom is -0.412 e. The second-order valence-corrected chi connectivity index (χ2v) is 25.0. The van der Waals surface area contributed by atoms with Crippen LogP contribution in [0.25, 0.3) is 0 Å². The molecular formula is C52H96O6Pd. The van der Waals surface area contributed by atoms with Gasteiger partial charge in [0.2, 0.25) is 0 Å². The molecule has 8 aliphatic carbocycles. The summed E-state index contributed by atoms with van der Waals surface area (Å²) in [5.41, 5.74) is 1.17. The van der Waals surface area contributed by atoms with Crippen molar-refractivity contribution in [2.24, 2.45) is 92.7 Å². The van der Waals surface area contributed by atoms with Crippen molar-refractivity contribution in [2.75, 3.05) is 0 Å². The molecule has 0 bridgehead atoms. The van der Waals surface area contributed by atoms with Crippen LogP contribution in [0.15, 0.2) is 0 Å². The molecule has 0 aromatic carbocycles. The minimum atomic E-state index is -0.419.